The molecule has 13 N–H and O–H groups in total. The number of carboxylic acid groups (broad SMARTS) is 1. The maximum absolute atomic E-state index is 13.1. The zero-order chi connectivity index (χ0) is 73.2. The number of aromatic nitrogens is 3. The first-order valence-corrected chi connectivity index (χ1v) is 32.6. The molecule has 27 nitrogen and oxygen atoms in total. The standard InChI is InChI=1S/C26H30N6O4.C25H27N5O3.C24H25N5O4/c1-4-27-26(35)31-23-16-22(29-19-8-6-5-7-9-19)21(17-28-23)25(34)30-20-13-10-18(11-14-20)12-15-24(33)32(2)36-3;1-3-26-25(33)30-23-15-22(28-19-7-5-4-6-8-19)21(16-27-23)24(32)29-20-13-11-18(12-14-20)10-9-17(2)31;1-2-25-24(33)29-21-14-20(27-17-6-4-3-5-7-17)19(15-26-21)23(32)28-18-11-8-16(9-12-18)10-13-22(30)31/h5-11,13-14,16-17H,4,12,15H2,1-3H3,(H,30,34)(H3,27,28,29,31,35);4-8,11-16H,3,9-10H2,1-2H3,(H,29,32)(H3,26,27,28,30,33);3-9,11-12,14-15H,2,10,13H2,1H3,(H,28,32)(H,30,31)(H3,25,26,27,29,33). The molecule has 0 radical (unpaired) electrons. The first kappa shape index (κ1) is 76.3. The summed E-state index contributed by atoms with van der Waals surface area (Å²) in [7, 11) is 3.01. The van der Waals surface area contributed by atoms with E-state index in [0.717, 1.165) is 33.8 Å². The number of carboxylic acids is 1. The highest BCUT2D eigenvalue weighted by Crippen LogP contribution is 2.29. The largest absolute Gasteiger partial charge is 0.481 e. The number of carbonyl (C=O) groups is 9. The lowest BCUT2D eigenvalue weighted by Crippen LogP contribution is -2.28. The molecular weight excluding hydrogens is 1300 g/mol. The molecule has 6 aromatic carbocycles. The van der Waals surface area contributed by atoms with Crippen molar-refractivity contribution in [3.8, 4) is 0 Å². The molecule has 10 amide bonds. The second-order valence-corrected chi connectivity index (χ2v) is 22.4. The fourth-order valence-electron chi connectivity index (χ4n) is 9.36. The number of aliphatic carboxylic acids is 1. The number of hydrogen-bond acceptors (Lipinski definition) is 16. The van der Waals surface area contributed by atoms with Crippen LogP contribution in [0.4, 0.5) is 83.0 Å². The van der Waals surface area contributed by atoms with Gasteiger partial charge in [0.25, 0.3) is 17.7 Å². The molecule has 0 saturated carbocycles. The number of benzene rings is 6. The van der Waals surface area contributed by atoms with E-state index in [2.05, 4.69) is 78.8 Å². The third-order valence-electron chi connectivity index (χ3n) is 14.6. The van der Waals surface area contributed by atoms with Gasteiger partial charge in [0.05, 0.1) is 40.9 Å². The zero-order valence-corrected chi connectivity index (χ0v) is 57.2. The number of carbonyl (C=O) groups excluding carboxylic acids is 8. The Labute approximate surface area is 590 Å². The molecule has 0 unspecified atom stereocenters. The lowest BCUT2D eigenvalue weighted by molar-refractivity contribution is -0.168. The molecule has 3 aromatic heterocycles. The highest BCUT2D eigenvalue weighted by Gasteiger charge is 2.20. The summed E-state index contributed by atoms with van der Waals surface area (Å²) < 4.78 is 0. The molecule has 102 heavy (non-hydrogen) atoms. The Balaban J connectivity index is 0.000000215. The minimum Gasteiger partial charge on any atom is -0.481 e. The van der Waals surface area contributed by atoms with Crippen molar-refractivity contribution in [3.05, 3.63) is 234 Å². The van der Waals surface area contributed by atoms with Crippen molar-refractivity contribution >= 4 is 122 Å². The molecule has 0 atom stereocenters. The number of hydroxylamine groups is 2. The van der Waals surface area contributed by atoms with E-state index in [0.29, 0.717) is 114 Å². The van der Waals surface area contributed by atoms with Crippen LogP contribution in [-0.2, 0) is 38.5 Å². The van der Waals surface area contributed by atoms with Crippen LogP contribution in [0.2, 0.25) is 0 Å². The van der Waals surface area contributed by atoms with Gasteiger partial charge in [-0.15, -0.1) is 0 Å². The molecule has 3 heterocycles. The molecule has 528 valence electrons. The van der Waals surface area contributed by atoms with Crippen LogP contribution < -0.4 is 63.8 Å². The summed E-state index contributed by atoms with van der Waals surface area (Å²) >= 11 is 0. The van der Waals surface area contributed by atoms with Crippen molar-refractivity contribution in [2.75, 3.05) is 81.6 Å². The minimum atomic E-state index is -0.858. The fraction of sp³-hybridized carbons (Fsp3) is 0.200. The van der Waals surface area contributed by atoms with Gasteiger partial charge in [0.2, 0.25) is 5.91 Å². The van der Waals surface area contributed by atoms with Gasteiger partial charge in [0, 0.05) is 117 Å². The number of hydrogen-bond donors (Lipinski definition) is 13. The van der Waals surface area contributed by atoms with Crippen LogP contribution in [-0.4, -0.2) is 112 Å². The van der Waals surface area contributed by atoms with Gasteiger partial charge in [-0.05, 0) is 136 Å². The van der Waals surface area contributed by atoms with Gasteiger partial charge in [0.1, 0.15) is 23.2 Å². The van der Waals surface area contributed by atoms with Gasteiger partial charge in [-0.1, -0.05) is 91.0 Å². The quantitative estimate of drug-likeness (QED) is 0.0203. The van der Waals surface area contributed by atoms with Crippen LogP contribution in [0.25, 0.3) is 0 Å². The molecule has 0 aliphatic rings. The highest BCUT2D eigenvalue weighted by molar-refractivity contribution is 6.11. The van der Waals surface area contributed by atoms with E-state index >= 15 is 0 Å². The Bertz CT molecular complexity index is 4110. The lowest BCUT2D eigenvalue weighted by Gasteiger charge is -2.15. The third kappa shape index (κ3) is 25.8. The fourth-order valence-corrected chi connectivity index (χ4v) is 9.36. The number of urea groups is 3. The number of nitrogens with zero attached hydrogens (tertiary/aromatic N) is 4. The first-order valence-electron chi connectivity index (χ1n) is 32.6. The predicted molar refractivity (Wildman–Crippen MR) is 396 cm³/mol. The number of pyridine rings is 3. The molecule has 0 aliphatic carbocycles. The summed E-state index contributed by atoms with van der Waals surface area (Å²) in [5.41, 5.74) is 9.33. The average molecular weight is 1380 g/mol. The predicted octanol–water partition coefficient (Wildman–Crippen LogP) is 13.1. The highest BCUT2D eigenvalue weighted by atomic mass is 16.7. The van der Waals surface area contributed by atoms with E-state index in [1.54, 1.807) is 80.7 Å². The minimum absolute atomic E-state index is 0.0442. The number of rotatable bonds is 28. The molecule has 0 spiro atoms. The monoisotopic (exact) mass is 1380 g/mol. The number of ketones is 1. The molecular formula is C75H82N16O11. The molecule has 27 heteroatoms. The second kappa shape index (κ2) is 40.0. The molecule has 0 bridgehead atoms. The van der Waals surface area contributed by atoms with Gasteiger partial charge < -0.3 is 57.8 Å². The summed E-state index contributed by atoms with van der Waals surface area (Å²) in [6.45, 7) is 8.43. The van der Waals surface area contributed by atoms with Crippen molar-refractivity contribution in [3.63, 3.8) is 0 Å². The van der Waals surface area contributed by atoms with Gasteiger partial charge in [-0.25, -0.2) is 34.4 Å². The SMILES string of the molecule is CCNC(=O)Nc1cc(Nc2ccccc2)c(C(=O)Nc2ccc(CCC(=O)N(C)OC)cc2)cn1.CCNC(=O)Nc1cc(Nc2ccccc2)c(C(=O)Nc2ccc(CCC(=O)O)cc2)cn1.CCNC(=O)Nc1cc(Nc2ccccc2)c(C(=O)Nc2ccc(CCC(C)=O)cc2)cn1. The Morgan fingerprint density at radius 1 is 0.392 bits per heavy atom. The van der Waals surface area contributed by atoms with E-state index < -0.39 is 12.0 Å². The summed E-state index contributed by atoms with van der Waals surface area (Å²) in [5, 5.41) is 44.1. The number of Topliss-reactive ketones (excluding diaryl/α,β-unsaturated/α-hetero) is 1. The average Bonchev–Trinajstić information content (AvgIpc) is 0.839. The maximum Gasteiger partial charge on any atom is 0.320 e. The number of amides is 10. The van der Waals surface area contributed by atoms with Crippen molar-refractivity contribution < 1.29 is 53.1 Å². The van der Waals surface area contributed by atoms with Crippen molar-refractivity contribution in [2.24, 2.45) is 0 Å². The van der Waals surface area contributed by atoms with E-state index in [1.807, 2.05) is 136 Å². The van der Waals surface area contributed by atoms with Crippen LogP contribution in [0.5, 0.6) is 0 Å². The maximum atomic E-state index is 13.1. The van der Waals surface area contributed by atoms with Crippen molar-refractivity contribution in [2.45, 2.75) is 66.2 Å². The van der Waals surface area contributed by atoms with Crippen LogP contribution in [0, 0.1) is 0 Å². The number of anilines is 12. The van der Waals surface area contributed by atoms with Gasteiger partial charge in [0.15, 0.2) is 0 Å². The first-order chi connectivity index (χ1) is 49.3. The van der Waals surface area contributed by atoms with Crippen LogP contribution in [0.15, 0.2) is 201 Å². The van der Waals surface area contributed by atoms with Crippen LogP contribution in [0.1, 0.15) is 94.7 Å². The van der Waals surface area contributed by atoms with Crippen molar-refractivity contribution in [1.29, 1.82) is 0 Å². The normalized spacial score (nSPS) is 10.3. The van der Waals surface area contributed by atoms with Gasteiger partial charge in [-0.2, -0.15) is 0 Å². The number of aryl methyl sites for hydroxylation is 3. The van der Waals surface area contributed by atoms with Crippen LogP contribution in [0.3, 0.4) is 0 Å². The number of nitrogens with one attached hydrogen (secondary N) is 12. The summed E-state index contributed by atoms with van der Waals surface area (Å²) in [4.78, 5) is 126. The third-order valence-corrected chi connectivity index (χ3v) is 14.6. The van der Waals surface area contributed by atoms with Gasteiger partial charge in [-0.3, -0.25) is 44.8 Å². The molecule has 9 rings (SSSR count). The van der Waals surface area contributed by atoms with E-state index in [-0.39, 0.29) is 53.5 Å². The Morgan fingerprint density at radius 2 is 0.686 bits per heavy atom. The zero-order valence-electron chi connectivity index (χ0n) is 57.2. The molecule has 0 saturated heterocycles. The summed E-state index contributed by atoms with van der Waals surface area (Å²) in [6.07, 6.45) is 6.70. The van der Waals surface area contributed by atoms with E-state index in [9.17, 15) is 43.2 Å². The molecule has 9 aromatic rings. The molecule has 0 fully saturated rings. The Morgan fingerprint density at radius 3 is 0.961 bits per heavy atom. The van der Waals surface area contributed by atoms with Gasteiger partial charge >= 0.3 is 24.1 Å². The van der Waals surface area contributed by atoms with E-state index in [1.165, 1.54) is 30.8 Å². The summed E-state index contributed by atoms with van der Waals surface area (Å²) in [6, 6.07) is 53.4. The van der Waals surface area contributed by atoms with Crippen LogP contribution >= 0.6 is 0 Å². The second-order valence-electron chi connectivity index (χ2n) is 22.4. The topological polar surface area (TPSA) is 369 Å². The Kier molecular flexibility index (Phi) is 29.9. The molecule has 0 aliphatic heterocycles. The lowest BCUT2D eigenvalue weighted by atomic mass is 10.1. The van der Waals surface area contributed by atoms with E-state index in [4.69, 9.17) is 9.94 Å². The van der Waals surface area contributed by atoms with Crippen molar-refractivity contribution in [1.82, 2.24) is 36.0 Å². The number of para-hydroxylation sites is 3. The summed E-state index contributed by atoms with van der Waals surface area (Å²) in [5.74, 6) is -1.03. The smallest absolute Gasteiger partial charge is 0.320 e. The Hall–Kier alpha value is -13.0.